The number of esters is 1. The Kier molecular flexibility index (Phi) is 25.3. The lowest BCUT2D eigenvalue weighted by Crippen LogP contribution is -2.28. The quantitative estimate of drug-likeness (QED) is 0.0858. The molecule has 1 amide bonds. The summed E-state index contributed by atoms with van der Waals surface area (Å²) in [4.78, 5) is 34.5. The van der Waals surface area contributed by atoms with Crippen LogP contribution in [0.3, 0.4) is 0 Å². The Morgan fingerprint density at radius 1 is 0.611 bits per heavy atom. The summed E-state index contributed by atoms with van der Waals surface area (Å²) in [6.07, 6.45) is 25.2. The normalized spacial score (nSPS) is 11.8. The Bertz CT molecular complexity index is 537. The first-order valence-corrected chi connectivity index (χ1v) is 15.2. The molecule has 212 valence electrons. The summed E-state index contributed by atoms with van der Waals surface area (Å²) in [5.41, 5.74) is 0. The first-order valence-electron chi connectivity index (χ1n) is 15.2. The molecule has 0 rings (SSSR count). The Labute approximate surface area is 221 Å². The predicted molar refractivity (Wildman–Crippen MR) is 148 cm³/mol. The lowest BCUT2D eigenvalue weighted by atomic mass is 10.0. The smallest absolute Gasteiger partial charge is 0.322 e. The van der Waals surface area contributed by atoms with Gasteiger partial charge in [0.15, 0.2) is 0 Å². The molecule has 0 aliphatic rings. The molecule has 6 nitrogen and oxygen atoms in total. The summed E-state index contributed by atoms with van der Waals surface area (Å²) < 4.78 is 5.84. The number of nitrogens with one attached hydrogen (secondary N) is 1. The largest absolute Gasteiger partial charge is 0.480 e. The van der Waals surface area contributed by atoms with Crippen LogP contribution in [0.5, 0.6) is 0 Å². The topological polar surface area (TPSA) is 92.7 Å². The summed E-state index contributed by atoms with van der Waals surface area (Å²) >= 11 is 0. The minimum absolute atomic E-state index is 0.0208. The minimum atomic E-state index is -1.03. The average Bonchev–Trinajstić information content (AvgIpc) is 2.85. The second-order valence-corrected chi connectivity index (χ2v) is 10.4. The van der Waals surface area contributed by atoms with Gasteiger partial charge < -0.3 is 15.2 Å². The van der Waals surface area contributed by atoms with Crippen LogP contribution in [-0.4, -0.2) is 35.6 Å². The van der Waals surface area contributed by atoms with E-state index in [0.29, 0.717) is 12.8 Å². The first-order chi connectivity index (χ1) is 17.5. The molecule has 0 radical (unpaired) electrons. The fourth-order valence-corrected chi connectivity index (χ4v) is 4.51. The Morgan fingerprint density at radius 2 is 1.03 bits per heavy atom. The molecule has 2 N–H and O–H groups in total. The highest BCUT2D eigenvalue weighted by molar-refractivity contribution is 5.80. The van der Waals surface area contributed by atoms with Crippen molar-refractivity contribution in [1.29, 1.82) is 0 Å². The van der Waals surface area contributed by atoms with Gasteiger partial charge in [-0.25, -0.2) is 0 Å². The maximum absolute atomic E-state index is 12.4. The number of hydrogen-bond acceptors (Lipinski definition) is 4. The van der Waals surface area contributed by atoms with Crippen LogP contribution in [0.25, 0.3) is 0 Å². The number of carboxylic acid groups (broad SMARTS) is 1. The maximum Gasteiger partial charge on any atom is 0.322 e. The van der Waals surface area contributed by atoms with E-state index < -0.39 is 5.97 Å². The minimum Gasteiger partial charge on any atom is -0.480 e. The van der Waals surface area contributed by atoms with Crippen LogP contribution in [0.4, 0.5) is 0 Å². The van der Waals surface area contributed by atoms with E-state index in [-0.39, 0.29) is 24.5 Å². The highest BCUT2D eigenvalue weighted by Crippen LogP contribution is 2.17. The molecule has 0 aromatic carbocycles. The number of carbonyl (C=O) groups excluding carboxylic acids is 2. The van der Waals surface area contributed by atoms with Crippen LogP contribution in [0.1, 0.15) is 162 Å². The molecule has 0 saturated carbocycles. The first kappa shape index (κ1) is 34.4. The molecule has 0 spiro atoms. The van der Waals surface area contributed by atoms with Crippen molar-refractivity contribution >= 4 is 17.8 Å². The van der Waals surface area contributed by atoms with E-state index in [9.17, 15) is 14.4 Å². The van der Waals surface area contributed by atoms with Gasteiger partial charge in [-0.1, -0.05) is 110 Å². The van der Waals surface area contributed by atoms with Gasteiger partial charge in [-0.15, -0.1) is 0 Å². The van der Waals surface area contributed by atoms with Gasteiger partial charge in [-0.2, -0.15) is 0 Å². The van der Waals surface area contributed by atoms with Crippen molar-refractivity contribution in [2.24, 2.45) is 0 Å². The number of carboxylic acids is 1. The van der Waals surface area contributed by atoms with Gasteiger partial charge in [0.05, 0.1) is 0 Å². The molecular formula is C30H57NO5. The monoisotopic (exact) mass is 511 g/mol. The third-order valence-electron chi connectivity index (χ3n) is 6.78. The van der Waals surface area contributed by atoms with Gasteiger partial charge in [0.25, 0.3) is 0 Å². The van der Waals surface area contributed by atoms with Crippen molar-refractivity contribution in [2.75, 3.05) is 6.54 Å². The Hall–Kier alpha value is -1.59. The summed E-state index contributed by atoms with van der Waals surface area (Å²) in [5, 5.41) is 11.0. The molecule has 0 aliphatic heterocycles. The van der Waals surface area contributed by atoms with Crippen molar-refractivity contribution in [2.45, 2.75) is 168 Å². The van der Waals surface area contributed by atoms with Crippen molar-refractivity contribution in [3.8, 4) is 0 Å². The van der Waals surface area contributed by atoms with Crippen molar-refractivity contribution < 1.29 is 24.2 Å². The number of rotatable bonds is 27. The lowest BCUT2D eigenvalue weighted by Gasteiger charge is -2.18. The Balaban J connectivity index is 3.93. The van der Waals surface area contributed by atoms with E-state index in [2.05, 4.69) is 19.2 Å². The molecule has 1 unspecified atom stereocenters. The average molecular weight is 512 g/mol. The van der Waals surface area contributed by atoms with Crippen LogP contribution >= 0.6 is 0 Å². The van der Waals surface area contributed by atoms with Crippen LogP contribution in [0.2, 0.25) is 0 Å². The van der Waals surface area contributed by atoms with Crippen LogP contribution in [0, 0.1) is 0 Å². The summed E-state index contributed by atoms with van der Waals surface area (Å²) in [7, 11) is 0. The van der Waals surface area contributed by atoms with Crippen molar-refractivity contribution in [1.82, 2.24) is 5.32 Å². The molecule has 0 aliphatic carbocycles. The third-order valence-corrected chi connectivity index (χ3v) is 6.78. The van der Waals surface area contributed by atoms with E-state index >= 15 is 0 Å². The maximum atomic E-state index is 12.4. The van der Waals surface area contributed by atoms with Crippen LogP contribution < -0.4 is 5.32 Å². The molecule has 0 fully saturated rings. The molecule has 0 bridgehead atoms. The number of unbranched alkanes of at least 4 members (excludes halogenated alkanes) is 16. The number of aliphatic carboxylic acids is 1. The summed E-state index contributed by atoms with van der Waals surface area (Å²) in [6.45, 7) is 4.13. The zero-order chi connectivity index (χ0) is 26.7. The Morgan fingerprint density at radius 3 is 1.53 bits per heavy atom. The van der Waals surface area contributed by atoms with Crippen LogP contribution in [0.15, 0.2) is 0 Å². The predicted octanol–water partition coefficient (Wildman–Crippen LogP) is 8.11. The molecule has 36 heavy (non-hydrogen) atoms. The zero-order valence-corrected chi connectivity index (χ0v) is 23.6. The van der Waals surface area contributed by atoms with Crippen molar-refractivity contribution in [3.05, 3.63) is 0 Å². The SMILES string of the molecule is CCCCCCCCCCCCCCC(=O)OC(CCCCCC)CCCCCC(=O)NCC(=O)O. The summed E-state index contributed by atoms with van der Waals surface area (Å²) in [6, 6.07) is 0. The van der Waals surface area contributed by atoms with E-state index in [0.717, 1.165) is 51.4 Å². The number of carbonyl (C=O) groups is 3. The molecule has 0 aromatic rings. The fourth-order valence-electron chi connectivity index (χ4n) is 4.51. The van der Waals surface area contributed by atoms with Gasteiger partial charge in [-0.3, -0.25) is 14.4 Å². The number of ether oxygens (including phenoxy) is 1. The highest BCUT2D eigenvalue weighted by Gasteiger charge is 2.14. The van der Waals surface area contributed by atoms with Crippen molar-refractivity contribution in [3.63, 3.8) is 0 Å². The third kappa shape index (κ3) is 25.5. The van der Waals surface area contributed by atoms with E-state index in [1.165, 1.54) is 83.5 Å². The fraction of sp³-hybridized carbons (Fsp3) is 0.900. The van der Waals surface area contributed by atoms with Crippen LogP contribution in [-0.2, 0) is 19.1 Å². The molecule has 0 saturated heterocycles. The molecular weight excluding hydrogens is 454 g/mol. The lowest BCUT2D eigenvalue weighted by molar-refractivity contribution is -0.150. The molecule has 0 aromatic heterocycles. The highest BCUT2D eigenvalue weighted by atomic mass is 16.5. The second-order valence-electron chi connectivity index (χ2n) is 10.4. The second kappa shape index (κ2) is 26.5. The molecule has 1 atom stereocenters. The van der Waals surface area contributed by atoms with Gasteiger partial charge in [0.1, 0.15) is 12.6 Å². The molecule has 6 heteroatoms. The number of amides is 1. The van der Waals surface area contributed by atoms with Gasteiger partial charge in [0, 0.05) is 12.8 Å². The van der Waals surface area contributed by atoms with Gasteiger partial charge >= 0.3 is 11.9 Å². The molecule has 0 heterocycles. The van der Waals surface area contributed by atoms with Gasteiger partial charge in [0.2, 0.25) is 5.91 Å². The summed E-state index contributed by atoms with van der Waals surface area (Å²) in [5.74, 6) is -1.31. The van der Waals surface area contributed by atoms with E-state index in [4.69, 9.17) is 9.84 Å². The standard InChI is InChI=1S/C30H57NO5/c1-3-5-7-9-10-11-12-13-14-15-16-21-25-30(35)36-27(22-18-8-6-4-2)23-19-17-20-24-28(32)31-26-29(33)34/h27H,3-26H2,1-2H3,(H,31,32)(H,33,34). The zero-order valence-electron chi connectivity index (χ0n) is 23.6. The van der Waals surface area contributed by atoms with Gasteiger partial charge in [-0.05, 0) is 38.5 Å². The van der Waals surface area contributed by atoms with E-state index in [1.807, 2.05) is 0 Å². The van der Waals surface area contributed by atoms with E-state index in [1.54, 1.807) is 0 Å². The number of hydrogen-bond donors (Lipinski definition) is 2.